The highest BCUT2D eigenvalue weighted by molar-refractivity contribution is 5.64. The molecule has 1 nitrogen and oxygen atoms in total. The maximum absolute atomic E-state index is 13.2. The summed E-state index contributed by atoms with van der Waals surface area (Å²) >= 11 is 0. The van der Waals surface area contributed by atoms with E-state index in [-0.39, 0.29) is 0 Å². The molecule has 0 amide bonds. The maximum Gasteiger partial charge on any atom is 0.419 e. The highest BCUT2D eigenvalue weighted by Crippen LogP contribution is 2.33. The molecule has 0 bridgehead atoms. The van der Waals surface area contributed by atoms with E-state index in [9.17, 15) is 17.6 Å². The third kappa shape index (κ3) is 5.87. The normalized spacial score (nSPS) is 13.0. The fourth-order valence-electron chi connectivity index (χ4n) is 1.89. The van der Waals surface area contributed by atoms with Gasteiger partial charge in [-0.25, -0.2) is 4.39 Å². The van der Waals surface area contributed by atoms with Gasteiger partial charge in [0.25, 0.3) is 0 Å². The van der Waals surface area contributed by atoms with Gasteiger partial charge in [-0.05, 0) is 55.6 Å². The molecule has 0 saturated heterocycles. The molecule has 1 rings (SSSR count). The van der Waals surface area contributed by atoms with Crippen molar-refractivity contribution in [1.82, 2.24) is 5.32 Å². The number of rotatable bonds is 6. The molecular weight excluding hydrogens is 282 g/mol. The highest BCUT2D eigenvalue weighted by Gasteiger charge is 2.34. The molecule has 0 heterocycles. The summed E-state index contributed by atoms with van der Waals surface area (Å²) in [5.74, 6) is -0.681. The molecule has 0 aromatic heterocycles. The standard InChI is InChI=1S/C16H21F4N/c1-11(2)10-21-8-4-5-12(3)13-6-7-15(17)14(9-13)16(18,19)20/h5-7,9,11,21H,4,8,10H2,1-3H3/b12-5-. The number of allylic oxidation sites excluding steroid dienone is 1. The van der Waals surface area contributed by atoms with E-state index in [0.717, 1.165) is 31.6 Å². The molecule has 0 atom stereocenters. The van der Waals surface area contributed by atoms with Crippen LogP contribution in [0.3, 0.4) is 0 Å². The van der Waals surface area contributed by atoms with Gasteiger partial charge < -0.3 is 5.32 Å². The van der Waals surface area contributed by atoms with Crippen molar-refractivity contribution in [3.05, 3.63) is 41.2 Å². The first-order valence-corrected chi connectivity index (χ1v) is 6.96. The average Bonchev–Trinajstić information content (AvgIpc) is 2.36. The molecule has 118 valence electrons. The van der Waals surface area contributed by atoms with E-state index in [0.29, 0.717) is 17.1 Å². The molecule has 0 radical (unpaired) electrons. The molecule has 1 aromatic rings. The number of nitrogens with one attached hydrogen (secondary N) is 1. The molecule has 0 aliphatic rings. The van der Waals surface area contributed by atoms with Crippen molar-refractivity contribution in [1.29, 1.82) is 0 Å². The van der Waals surface area contributed by atoms with Crippen LogP contribution in [-0.4, -0.2) is 13.1 Å². The van der Waals surface area contributed by atoms with Crippen molar-refractivity contribution >= 4 is 5.57 Å². The van der Waals surface area contributed by atoms with Gasteiger partial charge in [-0.3, -0.25) is 0 Å². The fraction of sp³-hybridized carbons (Fsp3) is 0.500. The van der Waals surface area contributed by atoms with Crippen molar-refractivity contribution in [2.75, 3.05) is 13.1 Å². The third-order valence-corrected chi connectivity index (χ3v) is 3.05. The van der Waals surface area contributed by atoms with Crippen molar-refractivity contribution in [2.24, 2.45) is 5.92 Å². The zero-order valence-electron chi connectivity index (χ0n) is 12.5. The second kappa shape index (κ2) is 7.59. The Balaban J connectivity index is 2.72. The number of alkyl halides is 3. The molecule has 0 saturated carbocycles. The summed E-state index contributed by atoms with van der Waals surface area (Å²) in [5, 5.41) is 3.25. The number of hydrogen-bond acceptors (Lipinski definition) is 1. The Morgan fingerprint density at radius 3 is 2.52 bits per heavy atom. The second-order valence-corrected chi connectivity index (χ2v) is 5.47. The predicted molar refractivity (Wildman–Crippen MR) is 77.4 cm³/mol. The Morgan fingerprint density at radius 2 is 1.95 bits per heavy atom. The lowest BCUT2D eigenvalue weighted by Crippen LogP contribution is -2.20. The second-order valence-electron chi connectivity index (χ2n) is 5.47. The Morgan fingerprint density at radius 1 is 1.29 bits per heavy atom. The number of benzene rings is 1. The minimum Gasteiger partial charge on any atom is -0.316 e. The van der Waals surface area contributed by atoms with Gasteiger partial charge in [0, 0.05) is 0 Å². The summed E-state index contributed by atoms with van der Waals surface area (Å²) in [7, 11) is 0. The van der Waals surface area contributed by atoms with E-state index in [4.69, 9.17) is 0 Å². The van der Waals surface area contributed by atoms with E-state index >= 15 is 0 Å². The van der Waals surface area contributed by atoms with Gasteiger partial charge >= 0.3 is 6.18 Å². The summed E-state index contributed by atoms with van der Waals surface area (Å²) in [6.45, 7) is 7.61. The van der Waals surface area contributed by atoms with Gasteiger partial charge in [0.2, 0.25) is 0 Å². The van der Waals surface area contributed by atoms with Crippen LogP contribution < -0.4 is 5.32 Å². The highest BCUT2D eigenvalue weighted by atomic mass is 19.4. The van der Waals surface area contributed by atoms with Crippen LogP contribution in [0.1, 0.15) is 38.3 Å². The molecule has 5 heteroatoms. The van der Waals surface area contributed by atoms with Crippen LogP contribution in [0.5, 0.6) is 0 Å². The van der Waals surface area contributed by atoms with Crippen LogP contribution in [-0.2, 0) is 6.18 Å². The van der Waals surface area contributed by atoms with E-state index < -0.39 is 17.6 Å². The lowest BCUT2D eigenvalue weighted by atomic mass is 10.0. The van der Waals surface area contributed by atoms with Crippen LogP contribution in [0.4, 0.5) is 17.6 Å². The first-order chi connectivity index (χ1) is 9.71. The van der Waals surface area contributed by atoms with Crippen LogP contribution >= 0.6 is 0 Å². The molecular formula is C16H21F4N. The number of hydrogen-bond donors (Lipinski definition) is 1. The molecule has 0 fully saturated rings. The Bertz CT molecular complexity index is 490. The SMILES string of the molecule is C/C(=C/CCNCC(C)C)c1ccc(F)c(C(F)(F)F)c1. The van der Waals surface area contributed by atoms with Gasteiger partial charge in [-0.2, -0.15) is 13.2 Å². The van der Waals surface area contributed by atoms with Crippen molar-refractivity contribution in [2.45, 2.75) is 33.4 Å². The molecule has 1 aromatic carbocycles. The van der Waals surface area contributed by atoms with Crippen molar-refractivity contribution in [3.63, 3.8) is 0 Å². The first-order valence-electron chi connectivity index (χ1n) is 6.96. The van der Waals surface area contributed by atoms with Gasteiger partial charge in [-0.15, -0.1) is 0 Å². The summed E-state index contributed by atoms with van der Waals surface area (Å²) in [5.41, 5.74) is -0.106. The van der Waals surface area contributed by atoms with Crippen LogP contribution in [0.15, 0.2) is 24.3 Å². The van der Waals surface area contributed by atoms with Crippen LogP contribution in [0, 0.1) is 11.7 Å². The van der Waals surface area contributed by atoms with E-state index in [1.807, 2.05) is 6.08 Å². The van der Waals surface area contributed by atoms with Gasteiger partial charge in [0.15, 0.2) is 0 Å². The zero-order chi connectivity index (χ0) is 16.0. The maximum atomic E-state index is 13.2. The van der Waals surface area contributed by atoms with Gasteiger partial charge in [-0.1, -0.05) is 26.0 Å². The van der Waals surface area contributed by atoms with Gasteiger partial charge in [0.05, 0.1) is 5.56 Å². The third-order valence-electron chi connectivity index (χ3n) is 3.05. The monoisotopic (exact) mass is 303 g/mol. The zero-order valence-corrected chi connectivity index (χ0v) is 12.5. The topological polar surface area (TPSA) is 12.0 Å². The first kappa shape index (κ1) is 17.7. The summed E-state index contributed by atoms with van der Waals surface area (Å²) < 4.78 is 51.2. The van der Waals surface area contributed by atoms with E-state index in [1.165, 1.54) is 6.07 Å². The van der Waals surface area contributed by atoms with Crippen LogP contribution in [0.2, 0.25) is 0 Å². The molecule has 0 aliphatic heterocycles. The smallest absolute Gasteiger partial charge is 0.316 e. The minimum absolute atomic E-state index is 0.396. The van der Waals surface area contributed by atoms with Crippen molar-refractivity contribution in [3.8, 4) is 0 Å². The molecule has 0 unspecified atom stereocenters. The molecule has 0 aliphatic carbocycles. The predicted octanol–water partition coefficient (Wildman–Crippen LogP) is 4.88. The quantitative estimate of drug-likeness (QED) is 0.583. The molecule has 21 heavy (non-hydrogen) atoms. The van der Waals surface area contributed by atoms with E-state index in [2.05, 4.69) is 19.2 Å². The van der Waals surface area contributed by atoms with Crippen molar-refractivity contribution < 1.29 is 17.6 Å². The van der Waals surface area contributed by atoms with Gasteiger partial charge in [0.1, 0.15) is 5.82 Å². The average molecular weight is 303 g/mol. The Kier molecular flexibility index (Phi) is 6.40. The molecule has 1 N–H and O–H groups in total. The lowest BCUT2D eigenvalue weighted by Gasteiger charge is -2.11. The summed E-state index contributed by atoms with van der Waals surface area (Å²) in [6.07, 6.45) is -2.09. The lowest BCUT2D eigenvalue weighted by molar-refractivity contribution is -0.140. The minimum atomic E-state index is -4.67. The summed E-state index contributed by atoms with van der Waals surface area (Å²) in [6, 6.07) is 3.10. The summed E-state index contributed by atoms with van der Waals surface area (Å²) in [4.78, 5) is 0. The number of halogens is 4. The van der Waals surface area contributed by atoms with E-state index in [1.54, 1.807) is 6.92 Å². The largest absolute Gasteiger partial charge is 0.419 e. The fourth-order valence-corrected chi connectivity index (χ4v) is 1.89. The Hall–Kier alpha value is -1.36. The Labute approximate surface area is 123 Å². The molecule has 0 spiro atoms. The van der Waals surface area contributed by atoms with Crippen LogP contribution in [0.25, 0.3) is 5.57 Å².